The van der Waals surface area contributed by atoms with Crippen LogP contribution >= 0.6 is 0 Å². The van der Waals surface area contributed by atoms with Crippen LogP contribution in [-0.2, 0) is 16.1 Å². The number of hydrogen-bond acceptors (Lipinski definition) is 3. The molecule has 140 valence electrons. The predicted molar refractivity (Wildman–Crippen MR) is 96.6 cm³/mol. The molecule has 0 aromatic heterocycles. The number of nitrogens with zero attached hydrogens (tertiary/aromatic N) is 2. The number of nitrogens with one attached hydrogen (secondary N) is 1. The lowest BCUT2D eigenvalue weighted by atomic mass is 9.97. The lowest BCUT2D eigenvalue weighted by Crippen LogP contribution is -2.53. The molecule has 2 aliphatic rings. The molecule has 2 heterocycles. The van der Waals surface area contributed by atoms with Crippen LogP contribution in [0.15, 0.2) is 24.3 Å². The first-order valence-electron chi connectivity index (χ1n) is 9.09. The molecule has 0 saturated carbocycles. The van der Waals surface area contributed by atoms with Gasteiger partial charge in [-0.1, -0.05) is 38.5 Å². The molecular weight excluding hydrogens is 334 g/mol. The Labute approximate surface area is 153 Å². The molecule has 0 bridgehead atoms. The maximum atomic E-state index is 13.2. The topological polar surface area (TPSA) is 90.0 Å². The number of anilines is 1. The van der Waals surface area contributed by atoms with Gasteiger partial charge in [0.05, 0.1) is 12.5 Å². The highest BCUT2D eigenvalue weighted by Crippen LogP contribution is 2.29. The van der Waals surface area contributed by atoms with Gasteiger partial charge in [-0.05, 0) is 24.0 Å². The Morgan fingerprint density at radius 2 is 2.08 bits per heavy atom. The fourth-order valence-corrected chi connectivity index (χ4v) is 3.70. The normalized spacial score (nSPS) is 23.8. The molecule has 0 spiro atoms. The first-order valence-corrected chi connectivity index (χ1v) is 9.09. The summed E-state index contributed by atoms with van der Waals surface area (Å²) < 4.78 is 0. The maximum absolute atomic E-state index is 13.2. The molecule has 3 rings (SSSR count). The maximum Gasteiger partial charge on any atom is 0.321 e. The van der Waals surface area contributed by atoms with Crippen molar-refractivity contribution in [2.75, 3.05) is 18.4 Å². The molecule has 3 atom stereocenters. The van der Waals surface area contributed by atoms with Gasteiger partial charge in [0.1, 0.15) is 6.04 Å². The van der Waals surface area contributed by atoms with Crippen molar-refractivity contribution in [3.05, 3.63) is 29.8 Å². The summed E-state index contributed by atoms with van der Waals surface area (Å²) in [6.07, 6.45) is 1.21. The zero-order valence-corrected chi connectivity index (χ0v) is 15.1. The van der Waals surface area contributed by atoms with Gasteiger partial charge in [-0.3, -0.25) is 9.59 Å². The first-order chi connectivity index (χ1) is 12.4. The lowest BCUT2D eigenvalue weighted by molar-refractivity contribution is -0.141. The average Bonchev–Trinajstić information content (AvgIpc) is 3.06. The molecule has 7 heteroatoms. The zero-order chi connectivity index (χ0) is 18.8. The molecule has 1 aromatic carbocycles. The highest BCUT2D eigenvalue weighted by molar-refractivity contribution is 5.99. The van der Waals surface area contributed by atoms with Gasteiger partial charge >= 0.3 is 12.0 Å². The first kappa shape index (κ1) is 18.2. The summed E-state index contributed by atoms with van der Waals surface area (Å²) in [6.45, 7) is 4.89. The number of likely N-dealkylation sites (tertiary alicyclic amines) is 1. The third kappa shape index (κ3) is 3.38. The van der Waals surface area contributed by atoms with Crippen LogP contribution in [0.2, 0.25) is 0 Å². The fraction of sp³-hybridized carbons (Fsp3) is 0.526. The molecule has 1 saturated heterocycles. The number of benzene rings is 1. The van der Waals surface area contributed by atoms with E-state index in [1.807, 2.05) is 38.1 Å². The van der Waals surface area contributed by atoms with Crippen LogP contribution in [0.4, 0.5) is 10.5 Å². The number of para-hydroxylation sites is 1. The van der Waals surface area contributed by atoms with Crippen molar-refractivity contribution in [1.29, 1.82) is 0 Å². The predicted octanol–water partition coefficient (Wildman–Crippen LogP) is 2.38. The molecule has 26 heavy (non-hydrogen) atoms. The molecule has 1 fully saturated rings. The summed E-state index contributed by atoms with van der Waals surface area (Å²) >= 11 is 0. The van der Waals surface area contributed by atoms with E-state index in [4.69, 9.17) is 0 Å². The second-order valence-electron chi connectivity index (χ2n) is 7.16. The Hall–Kier alpha value is -2.57. The number of aliphatic carboxylic acids is 1. The molecule has 0 radical (unpaired) electrons. The van der Waals surface area contributed by atoms with E-state index < -0.39 is 17.9 Å². The third-order valence-corrected chi connectivity index (χ3v) is 5.46. The van der Waals surface area contributed by atoms with E-state index >= 15 is 0 Å². The van der Waals surface area contributed by atoms with Gasteiger partial charge in [-0.15, -0.1) is 0 Å². The van der Waals surface area contributed by atoms with Crippen LogP contribution in [0.5, 0.6) is 0 Å². The van der Waals surface area contributed by atoms with Gasteiger partial charge in [0.2, 0.25) is 5.91 Å². The van der Waals surface area contributed by atoms with Gasteiger partial charge in [-0.25, -0.2) is 4.79 Å². The standard InChI is InChI=1S/C19H25N3O4/c1-3-12(2)16-17(23)20-15-7-5-4-6-13(15)11-22(16)19(26)21-9-8-14(10-21)18(24)25/h4-7,12,14,16H,3,8-11H2,1-2H3,(H,20,23)(H,24,25). The second-order valence-corrected chi connectivity index (χ2v) is 7.16. The number of rotatable bonds is 3. The van der Waals surface area contributed by atoms with E-state index in [-0.39, 0.29) is 24.4 Å². The van der Waals surface area contributed by atoms with Crippen molar-refractivity contribution in [3.8, 4) is 0 Å². The summed E-state index contributed by atoms with van der Waals surface area (Å²) in [5.41, 5.74) is 1.61. The number of hydrogen-bond donors (Lipinski definition) is 2. The third-order valence-electron chi connectivity index (χ3n) is 5.46. The lowest BCUT2D eigenvalue weighted by Gasteiger charge is -2.35. The van der Waals surface area contributed by atoms with Crippen LogP contribution in [0.1, 0.15) is 32.3 Å². The summed E-state index contributed by atoms with van der Waals surface area (Å²) in [4.78, 5) is 40.4. The fourth-order valence-electron chi connectivity index (χ4n) is 3.70. The van der Waals surface area contributed by atoms with Gasteiger partial charge in [-0.2, -0.15) is 0 Å². The molecule has 2 aliphatic heterocycles. The second kappa shape index (κ2) is 7.35. The van der Waals surface area contributed by atoms with Crippen molar-refractivity contribution in [2.45, 2.75) is 39.3 Å². The van der Waals surface area contributed by atoms with E-state index in [2.05, 4.69) is 5.32 Å². The van der Waals surface area contributed by atoms with Crippen LogP contribution in [-0.4, -0.2) is 51.9 Å². The van der Waals surface area contributed by atoms with E-state index in [1.54, 1.807) is 9.80 Å². The van der Waals surface area contributed by atoms with Crippen molar-refractivity contribution >= 4 is 23.6 Å². The molecule has 1 aromatic rings. The molecule has 2 N–H and O–H groups in total. The van der Waals surface area contributed by atoms with Crippen LogP contribution < -0.4 is 5.32 Å². The van der Waals surface area contributed by atoms with Crippen molar-refractivity contribution < 1.29 is 19.5 Å². The van der Waals surface area contributed by atoms with E-state index in [0.717, 1.165) is 17.7 Å². The molecular formula is C19H25N3O4. The van der Waals surface area contributed by atoms with Crippen LogP contribution in [0, 0.1) is 11.8 Å². The Kier molecular flexibility index (Phi) is 5.15. The van der Waals surface area contributed by atoms with Gasteiger partial charge in [0, 0.05) is 18.8 Å². The number of carboxylic acid groups (broad SMARTS) is 1. The highest BCUT2D eigenvalue weighted by atomic mass is 16.4. The van der Waals surface area contributed by atoms with Crippen molar-refractivity contribution in [2.24, 2.45) is 11.8 Å². The monoisotopic (exact) mass is 359 g/mol. The zero-order valence-electron chi connectivity index (χ0n) is 15.1. The number of fused-ring (bicyclic) bond motifs is 1. The number of urea groups is 1. The summed E-state index contributed by atoms with van der Waals surface area (Å²) in [5, 5.41) is 12.1. The number of carbonyl (C=O) groups excluding carboxylic acids is 2. The quantitative estimate of drug-likeness (QED) is 0.867. The Morgan fingerprint density at radius 3 is 2.73 bits per heavy atom. The largest absolute Gasteiger partial charge is 0.481 e. The minimum atomic E-state index is -0.877. The molecule has 3 amide bonds. The Morgan fingerprint density at radius 1 is 1.35 bits per heavy atom. The smallest absolute Gasteiger partial charge is 0.321 e. The summed E-state index contributed by atoms with van der Waals surface area (Å²) in [5.74, 6) is -1.61. The highest BCUT2D eigenvalue weighted by Gasteiger charge is 2.40. The Balaban J connectivity index is 1.91. The molecule has 0 aliphatic carbocycles. The number of carboxylic acids is 1. The number of amides is 3. The summed E-state index contributed by atoms with van der Waals surface area (Å²) in [6, 6.07) is 6.64. The minimum Gasteiger partial charge on any atom is -0.481 e. The SMILES string of the molecule is CCC(C)C1C(=O)Nc2ccccc2CN1C(=O)N1CCC(C(=O)O)C1. The van der Waals surface area contributed by atoms with Crippen molar-refractivity contribution in [1.82, 2.24) is 9.80 Å². The van der Waals surface area contributed by atoms with E-state index in [9.17, 15) is 19.5 Å². The van der Waals surface area contributed by atoms with E-state index in [1.165, 1.54) is 0 Å². The van der Waals surface area contributed by atoms with Gasteiger partial charge in [0.15, 0.2) is 0 Å². The van der Waals surface area contributed by atoms with Crippen LogP contribution in [0.25, 0.3) is 0 Å². The Bertz CT molecular complexity index is 720. The van der Waals surface area contributed by atoms with E-state index in [0.29, 0.717) is 19.5 Å². The van der Waals surface area contributed by atoms with Gasteiger partial charge in [0.25, 0.3) is 0 Å². The molecule has 3 unspecified atom stereocenters. The summed E-state index contributed by atoms with van der Waals surface area (Å²) in [7, 11) is 0. The van der Waals surface area contributed by atoms with Crippen LogP contribution in [0.3, 0.4) is 0 Å². The average molecular weight is 359 g/mol. The minimum absolute atomic E-state index is 0.00821. The van der Waals surface area contributed by atoms with Crippen molar-refractivity contribution in [3.63, 3.8) is 0 Å². The van der Waals surface area contributed by atoms with Gasteiger partial charge < -0.3 is 20.2 Å². The number of carbonyl (C=O) groups is 3. The molecule has 7 nitrogen and oxygen atoms in total.